The van der Waals surface area contributed by atoms with Gasteiger partial charge >= 0.3 is 0 Å². The van der Waals surface area contributed by atoms with E-state index < -0.39 is 0 Å². The van der Waals surface area contributed by atoms with Gasteiger partial charge < -0.3 is 8.83 Å². The average molecular weight is 378 g/mol. The van der Waals surface area contributed by atoms with E-state index >= 15 is 0 Å². The second-order valence-corrected chi connectivity index (χ2v) is 8.04. The van der Waals surface area contributed by atoms with Gasteiger partial charge in [-0.3, -0.25) is 0 Å². The molecule has 0 N–H and O–H groups in total. The van der Waals surface area contributed by atoms with Crippen molar-refractivity contribution in [2.45, 2.75) is 32.6 Å². The molecule has 0 fully saturated rings. The first kappa shape index (κ1) is 16.7. The minimum Gasteiger partial charge on any atom is -0.464 e. The maximum Gasteiger partial charge on any atom is 0.134 e. The Kier molecular flexibility index (Phi) is 3.67. The van der Waals surface area contributed by atoms with Crippen LogP contribution in [0.5, 0.6) is 0 Å². The molecule has 2 heteroatoms. The molecule has 29 heavy (non-hydrogen) atoms. The molecule has 2 heterocycles. The summed E-state index contributed by atoms with van der Waals surface area (Å²) < 4.78 is 11.7. The molecule has 6 rings (SSSR count). The van der Waals surface area contributed by atoms with E-state index in [9.17, 15) is 0 Å². The standard InChI is InChI=1S/C27H22O2/c1-2-3-4-5-21-12-20-14-25-18(16-27(20)29-21)7-9-22-23(25)8-6-17-15-26-19(10-11-28-26)13-24(17)22/h6-16H,2-5H2,1H3. The lowest BCUT2D eigenvalue weighted by atomic mass is 9.96. The molecule has 0 spiro atoms. The Labute approximate surface area is 168 Å². The van der Waals surface area contributed by atoms with Crippen LogP contribution in [0.3, 0.4) is 0 Å². The van der Waals surface area contributed by atoms with Crippen molar-refractivity contribution in [2.24, 2.45) is 0 Å². The van der Waals surface area contributed by atoms with Crippen LogP contribution in [0.25, 0.3) is 54.3 Å². The van der Waals surface area contributed by atoms with Gasteiger partial charge in [-0.25, -0.2) is 0 Å². The Bertz CT molecular complexity index is 1510. The predicted molar refractivity (Wildman–Crippen MR) is 122 cm³/mol. The first-order valence-electron chi connectivity index (χ1n) is 10.5. The highest BCUT2D eigenvalue weighted by molar-refractivity contribution is 6.20. The van der Waals surface area contributed by atoms with Crippen molar-refractivity contribution in [1.29, 1.82) is 0 Å². The summed E-state index contributed by atoms with van der Waals surface area (Å²) in [7, 11) is 0. The SMILES string of the molecule is CCCCCc1cc2cc3c(ccc4c5cc6ccoc6cc5ccc34)cc2o1. The minimum absolute atomic E-state index is 0.938. The zero-order valence-electron chi connectivity index (χ0n) is 16.5. The maximum absolute atomic E-state index is 6.13. The fourth-order valence-electron chi connectivity index (χ4n) is 4.59. The number of benzene rings is 4. The number of fused-ring (bicyclic) bond motifs is 7. The van der Waals surface area contributed by atoms with Gasteiger partial charge in [0.05, 0.1) is 6.26 Å². The van der Waals surface area contributed by atoms with E-state index in [-0.39, 0.29) is 0 Å². The number of hydrogen-bond acceptors (Lipinski definition) is 2. The quantitative estimate of drug-likeness (QED) is 0.227. The number of aryl methyl sites for hydroxylation is 1. The Morgan fingerprint density at radius 2 is 1.34 bits per heavy atom. The zero-order valence-corrected chi connectivity index (χ0v) is 16.5. The normalized spacial score (nSPS) is 12.2. The van der Waals surface area contributed by atoms with E-state index in [1.807, 2.05) is 6.07 Å². The van der Waals surface area contributed by atoms with Crippen molar-refractivity contribution in [3.63, 3.8) is 0 Å². The molecule has 0 aliphatic carbocycles. The summed E-state index contributed by atoms with van der Waals surface area (Å²) in [6, 6.07) is 22.0. The van der Waals surface area contributed by atoms with E-state index in [2.05, 4.69) is 61.5 Å². The molecule has 2 nitrogen and oxygen atoms in total. The van der Waals surface area contributed by atoms with Crippen LogP contribution in [0, 0.1) is 0 Å². The lowest BCUT2D eigenvalue weighted by Gasteiger charge is -2.08. The van der Waals surface area contributed by atoms with Gasteiger partial charge in [-0.2, -0.15) is 0 Å². The molecule has 2 aromatic heterocycles. The molecule has 0 atom stereocenters. The van der Waals surface area contributed by atoms with Crippen LogP contribution in [0.4, 0.5) is 0 Å². The van der Waals surface area contributed by atoms with Gasteiger partial charge in [-0.1, -0.05) is 44.0 Å². The van der Waals surface area contributed by atoms with Crippen LogP contribution in [-0.4, -0.2) is 0 Å². The van der Waals surface area contributed by atoms with Crippen molar-refractivity contribution in [2.75, 3.05) is 0 Å². The third-order valence-electron chi connectivity index (χ3n) is 6.12. The van der Waals surface area contributed by atoms with Crippen LogP contribution >= 0.6 is 0 Å². The van der Waals surface area contributed by atoms with Gasteiger partial charge in [-0.15, -0.1) is 0 Å². The molecule has 0 saturated carbocycles. The fraction of sp³-hybridized carbons (Fsp3) is 0.185. The second kappa shape index (κ2) is 6.38. The summed E-state index contributed by atoms with van der Waals surface area (Å²) in [6.45, 7) is 2.23. The lowest BCUT2D eigenvalue weighted by molar-refractivity contribution is 0.531. The number of unbranched alkanes of at least 4 members (excludes halogenated alkanes) is 2. The van der Waals surface area contributed by atoms with Crippen molar-refractivity contribution in [3.8, 4) is 0 Å². The van der Waals surface area contributed by atoms with Gasteiger partial charge in [0.1, 0.15) is 16.9 Å². The Morgan fingerprint density at radius 1 is 0.621 bits per heavy atom. The number of furan rings is 2. The summed E-state index contributed by atoms with van der Waals surface area (Å²) >= 11 is 0. The highest BCUT2D eigenvalue weighted by Crippen LogP contribution is 2.36. The third kappa shape index (κ3) is 2.63. The zero-order chi connectivity index (χ0) is 19.4. The largest absolute Gasteiger partial charge is 0.464 e. The summed E-state index contributed by atoms with van der Waals surface area (Å²) in [5.74, 6) is 1.10. The highest BCUT2D eigenvalue weighted by atomic mass is 16.3. The molecule has 0 radical (unpaired) electrons. The van der Waals surface area contributed by atoms with Gasteiger partial charge in [0.25, 0.3) is 0 Å². The summed E-state index contributed by atoms with van der Waals surface area (Å²) in [6.07, 6.45) is 6.45. The van der Waals surface area contributed by atoms with Crippen LogP contribution in [0.2, 0.25) is 0 Å². The van der Waals surface area contributed by atoms with Crippen LogP contribution < -0.4 is 0 Å². The topological polar surface area (TPSA) is 26.3 Å². The molecule has 0 bridgehead atoms. The summed E-state index contributed by atoms with van der Waals surface area (Å²) in [4.78, 5) is 0. The molecular weight excluding hydrogens is 356 g/mol. The van der Waals surface area contributed by atoms with Crippen LogP contribution in [0.15, 0.2) is 75.8 Å². The van der Waals surface area contributed by atoms with Gasteiger partial charge in [-0.05, 0) is 75.1 Å². The monoisotopic (exact) mass is 378 g/mol. The molecule has 4 aromatic carbocycles. The maximum atomic E-state index is 6.13. The molecule has 0 aliphatic rings. The highest BCUT2D eigenvalue weighted by Gasteiger charge is 2.10. The Balaban J connectivity index is 1.58. The third-order valence-corrected chi connectivity index (χ3v) is 6.12. The molecule has 0 aliphatic heterocycles. The van der Waals surface area contributed by atoms with Gasteiger partial charge in [0.2, 0.25) is 0 Å². The fourth-order valence-corrected chi connectivity index (χ4v) is 4.59. The van der Waals surface area contributed by atoms with Crippen molar-refractivity contribution < 1.29 is 8.83 Å². The predicted octanol–water partition coefficient (Wildman–Crippen LogP) is 8.37. The summed E-state index contributed by atoms with van der Waals surface area (Å²) in [5.41, 5.74) is 1.93. The number of hydrogen-bond donors (Lipinski definition) is 0. The average Bonchev–Trinajstić information content (AvgIpc) is 3.35. The first-order valence-corrected chi connectivity index (χ1v) is 10.5. The Morgan fingerprint density at radius 3 is 2.10 bits per heavy atom. The van der Waals surface area contributed by atoms with Crippen molar-refractivity contribution in [1.82, 2.24) is 0 Å². The van der Waals surface area contributed by atoms with Gasteiger partial charge in [0.15, 0.2) is 0 Å². The van der Waals surface area contributed by atoms with Crippen molar-refractivity contribution >= 4 is 54.3 Å². The van der Waals surface area contributed by atoms with E-state index in [1.165, 1.54) is 57.0 Å². The van der Waals surface area contributed by atoms with E-state index in [4.69, 9.17) is 8.83 Å². The van der Waals surface area contributed by atoms with Crippen LogP contribution in [0.1, 0.15) is 31.9 Å². The smallest absolute Gasteiger partial charge is 0.134 e. The molecule has 0 saturated heterocycles. The van der Waals surface area contributed by atoms with Crippen molar-refractivity contribution in [3.05, 3.63) is 72.7 Å². The molecular formula is C27H22O2. The summed E-state index contributed by atoms with van der Waals surface area (Å²) in [5, 5.41) is 9.90. The first-order chi connectivity index (χ1) is 14.3. The molecule has 0 amide bonds. The van der Waals surface area contributed by atoms with E-state index in [0.29, 0.717) is 0 Å². The lowest BCUT2D eigenvalue weighted by Crippen LogP contribution is -1.81. The molecule has 6 aromatic rings. The van der Waals surface area contributed by atoms with E-state index in [0.717, 1.165) is 28.7 Å². The molecule has 0 unspecified atom stereocenters. The Hall–Kier alpha value is -3.26. The second-order valence-electron chi connectivity index (χ2n) is 8.04. The van der Waals surface area contributed by atoms with E-state index in [1.54, 1.807) is 6.26 Å². The van der Waals surface area contributed by atoms with Gasteiger partial charge in [0, 0.05) is 17.2 Å². The molecule has 142 valence electrons. The minimum atomic E-state index is 0.938. The van der Waals surface area contributed by atoms with Crippen LogP contribution in [-0.2, 0) is 6.42 Å². The number of rotatable bonds is 4.